The topological polar surface area (TPSA) is 97.0 Å². The number of hydrogen-bond donors (Lipinski definition) is 3. The maximum absolute atomic E-state index is 14.1. The molecule has 0 spiro atoms. The molecule has 7 rings (SSSR count). The summed E-state index contributed by atoms with van der Waals surface area (Å²) in [7, 11) is 2.00. The number of anilines is 1. The molecule has 4 heterocycles. The maximum Gasteiger partial charge on any atom is 0.416 e. The fourth-order valence-corrected chi connectivity index (χ4v) is 6.13. The van der Waals surface area contributed by atoms with Gasteiger partial charge in [-0.15, -0.1) is 0 Å². The van der Waals surface area contributed by atoms with E-state index in [1.165, 1.54) is 6.07 Å². The van der Waals surface area contributed by atoms with Crippen molar-refractivity contribution in [1.29, 1.82) is 0 Å². The summed E-state index contributed by atoms with van der Waals surface area (Å²) in [6, 6.07) is 13.0. The van der Waals surface area contributed by atoms with Crippen LogP contribution in [0.3, 0.4) is 0 Å². The number of alkyl halides is 3. The Balaban J connectivity index is 1.04. The van der Waals surface area contributed by atoms with Crippen LogP contribution in [0.15, 0.2) is 54.7 Å². The van der Waals surface area contributed by atoms with Crippen molar-refractivity contribution in [3.8, 4) is 11.5 Å². The molecule has 1 aliphatic carbocycles. The number of aromatic nitrogens is 2. The number of piperazine rings is 1. The third-order valence-electron chi connectivity index (χ3n) is 9.08. The van der Waals surface area contributed by atoms with E-state index in [-0.39, 0.29) is 17.8 Å². The van der Waals surface area contributed by atoms with Gasteiger partial charge in [0.25, 0.3) is 0 Å². The number of ether oxygens (including phenoxy) is 1. The van der Waals surface area contributed by atoms with Crippen LogP contribution in [0.2, 0.25) is 0 Å². The molecule has 236 valence electrons. The summed E-state index contributed by atoms with van der Waals surface area (Å²) >= 11 is 0. The molecule has 0 bridgehead atoms. The lowest BCUT2D eigenvalue weighted by Crippen LogP contribution is -2.44. The van der Waals surface area contributed by atoms with Crippen LogP contribution in [0, 0.1) is 0 Å². The number of benzene rings is 2. The van der Waals surface area contributed by atoms with Crippen molar-refractivity contribution in [2.24, 2.45) is 0 Å². The third-order valence-corrected chi connectivity index (χ3v) is 9.08. The number of carbonyl (C=O) groups is 1. The third kappa shape index (κ3) is 6.22. The van der Waals surface area contributed by atoms with Gasteiger partial charge in [0.2, 0.25) is 0 Å². The molecule has 3 N–H and O–H groups in total. The van der Waals surface area contributed by atoms with Crippen LogP contribution >= 0.6 is 0 Å². The molecule has 4 aromatic rings. The first kappa shape index (κ1) is 29.6. The number of likely N-dealkylation sites (N-methyl/N-ethyl adjacent to an activating group) is 1. The number of pyridine rings is 1. The molecule has 2 aromatic heterocycles. The minimum atomic E-state index is -4.54. The van der Waals surface area contributed by atoms with Crippen molar-refractivity contribution in [3.63, 3.8) is 0 Å². The van der Waals surface area contributed by atoms with Crippen molar-refractivity contribution < 1.29 is 27.8 Å². The summed E-state index contributed by atoms with van der Waals surface area (Å²) in [5.41, 5.74) is 2.10. The fourth-order valence-electron chi connectivity index (χ4n) is 6.13. The van der Waals surface area contributed by atoms with Crippen LogP contribution in [0.5, 0.6) is 11.5 Å². The summed E-state index contributed by atoms with van der Waals surface area (Å²) in [6.07, 6.45) is -0.876. The molecule has 12 heteroatoms. The van der Waals surface area contributed by atoms with E-state index in [4.69, 9.17) is 4.74 Å². The predicted octanol–water partition coefficient (Wildman–Crippen LogP) is 5.69. The van der Waals surface area contributed by atoms with Gasteiger partial charge in [0.15, 0.2) is 0 Å². The Hall–Kier alpha value is -4.13. The minimum absolute atomic E-state index is 0.112. The lowest BCUT2D eigenvalue weighted by Gasteiger charge is -2.33. The highest BCUT2D eigenvalue weighted by molar-refractivity contribution is 5.89. The molecule has 0 radical (unpaired) electrons. The molecule has 2 aliphatic heterocycles. The number of H-pyrrole nitrogens is 1. The number of amides is 2. The number of aromatic amines is 1. The van der Waals surface area contributed by atoms with Gasteiger partial charge in [0.05, 0.1) is 10.9 Å². The number of halogens is 3. The first-order valence-electron chi connectivity index (χ1n) is 15.2. The highest BCUT2D eigenvalue weighted by Crippen LogP contribution is 2.46. The van der Waals surface area contributed by atoms with Crippen LogP contribution in [0.25, 0.3) is 11.0 Å². The number of fused-ring (bicyclic) bond motifs is 2. The Morgan fingerprint density at radius 2 is 1.84 bits per heavy atom. The second-order valence-electron chi connectivity index (χ2n) is 12.4. The quantitative estimate of drug-likeness (QED) is 0.256. The molecule has 2 aromatic carbocycles. The average molecular weight is 621 g/mol. The van der Waals surface area contributed by atoms with Gasteiger partial charge in [-0.1, -0.05) is 12.1 Å². The van der Waals surface area contributed by atoms with Gasteiger partial charge in [0.1, 0.15) is 22.7 Å². The van der Waals surface area contributed by atoms with Gasteiger partial charge in [0, 0.05) is 63.4 Å². The SMILES string of the molecule is CN1CCN(Cc2ccc(NC(=O)N3CCc4ccc(Oc5ccnc6[nH]c(C7(O)CC7)cc56)cc4C3)cc2C(F)(F)F)CC1. The Labute approximate surface area is 258 Å². The largest absolute Gasteiger partial charge is 0.457 e. The molecule has 1 saturated heterocycles. The van der Waals surface area contributed by atoms with E-state index in [1.807, 2.05) is 36.2 Å². The van der Waals surface area contributed by atoms with E-state index in [9.17, 15) is 23.1 Å². The second kappa shape index (κ2) is 11.3. The van der Waals surface area contributed by atoms with E-state index >= 15 is 0 Å². The summed E-state index contributed by atoms with van der Waals surface area (Å²) in [5, 5.41) is 14.0. The van der Waals surface area contributed by atoms with Crippen molar-refractivity contribution >= 4 is 22.8 Å². The fraction of sp³-hybridized carbons (Fsp3) is 0.394. The van der Waals surface area contributed by atoms with Gasteiger partial charge >= 0.3 is 12.2 Å². The highest BCUT2D eigenvalue weighted by Gasteiger charge is 2.43. The zero-order valence-electron chi connectivity index (χ0n) is 25.0. The Bertz CT molecular complexity index is 1740. The van der Waals surface area contributed by atoms with Gasteiger partial charge in [-0.05, 0) is 79.4 Å². The Morgan fingerprint density at radius 3 is 2.60 bits per heavy atom. The summed E-state index contributed by atoms with van der Waals surface area (Å²) < 4.78 is 48.4. The predicted molar refractivity (Wildman–Crippen MR) is 163 cm³/mol. The maximum atomic E-state index is 14.1. The molecular weight excluding hydrogens is 585 g/mol. The number of nitrogens with zero attached hydrogens (tertiary/aromatic N) is 4. The summed E-state index contributed by atoms with van der Waals surface area (Å²) in [5.74, 6) is 1.18. The highest BCUT2D eigenvalue weighted by atomic mass is 19.4. The van der Waals surface area contributed by atoms with Gasteiger partial charge in [-0.25, -0.2) is 9.78 Å². The molecule has 45 heavy (non-hydrogen) atoms. The van der Waals surface area contributed by atoms with E-state index in [2.05, 4.69) is 20.2 Å². The van der Waals surface area contributed by atoms with Crippen molar-refractivity contribution in [2.75, 3.05) is 45.1 Å². The number of carbonyl (C=O) groups excluding carboxylic acids is 1. The molecular formula is C33H35F3N6O3. The van der Waals surface area contributed by atoms with E-state index < -0.39 is 23.4 Å². The molecule has 2 fully saturated rings. The van der Waals surface area contributed by atoms with Crippen LogP contribution in [0.4, 0.5) is 23.7 Å². The average Bonchev–Trinajstić information content (AvgIpc) is 3.60. The van der Waals surface area contributed by atoms with Crippen molar-refractivity contribution in [1.82, 2.24) is 24.7 Å². The number of hydrogen-bond acceptors (Lipinski definition) is 6. The molecule has 9 nitrogen and oxygen atoms in total. The molecule has 0 atom stereocenters. The molecule has 3 aliphatic rings. The lowest BCUT2D eigenvalue weighted by molar-refractivity contribution is -0.138. The monoisotopic (exact) mass is 620 g/mol. The Morgan fingerprint density at radius 1 is 1.04 bits per heavy atom. The van der Waals surface area contributed by atoms with E-state index in [1.54, 1.807) is 23.2 Å². The van der Waals surface area contributed by atoms with Crippen LogP contribution < -0.4 is 10.1 Å². The van der Waals surface area contributed by atoms with Crippen LogP contribution in [-0.4, -0.2) is 75.6 Å². The smallest absolute Gasteiger partial charge is 0.416 e. The summed E-state index contributed by atoms with van der Waals surface area (Å²) in [4.78, 5) is 26.6. The van der Waals surface area contributed by atoms with Gasteiger partial charge < -0.3 is 29.9 Å². The first-order chi connectivity index (χ1) is 21.5. The number of urea groups is 1. The zero-order chi connectivity index (χ0) is 31.3. The van der Waals surface area contributed by atoms with Crippen molar-refractivity contribution in [2.45, 2.75) is 44.1 Å². The normalized spacial score (nSPS) is 18.6. The minimum Gasteiger partial charge on any atom is -0.457 e. The lowest BCUT2D eigenvalue weighted by atomic mass is 9.99. The summed E-state index contributed by atoms with van der Waals surface area (Å²) in [6.45, 7) is 3.98. The van der Waals surface area contributed by atoms with Gasteiger partial charge in [-0.2, -0.15) is 13.2 Å². The molecule has 1 saturated carbocycles. The van der Waals surface area contributed by atoms with Crippen LogP contribution in [-0.2, 0) is 31.3 Å². The van der Waals surface area contributed by atoms with E-state index in [0.29, 0.717) is 62.6 Å². The Kier molecular flexibility index (Phi) is 7.46. The molecule has 0 unspecified atom stereocenters. The molecule has 2 amide bonds. The zero-order valence-corrected chi connectivity index (χ0v) is 25.0. The van der Waals surface area contributed by atoms with Crippen LogP contribution in [0.1, 0.15) is 40.8 Å². The number of rotatable bonds is 6. The second-order valence-corrected chi connectivity index (χ2v) is 12.4. The van der Waals surface area contributed by atoms with E-state index in [0.717, 1.165) is 41.4 Å². The van der Waals surface area contributed by atoms with Crippen molar-refractivity contribution in [3.05, 3.63) is 82.7 Å². The standard InChI is InChI=1S/C33H35F3N6O3/c1-40-12-14-41(15-13-40)19-22-2-4-24(17-27(22)33(34,35)36)38-31(43)42-11-7-21-3-5-25(16-23(21)20-42)45-28-6-10-37-30-26(28)18-29(39-30)32(44)8-9-32/h2-6,10,16-18,44H,7-9,11-15,19-20H2,1H3,(H,37,39)(H,38,43). The first-order valence-corrected chi connectivity index (χ1v) is 15.2. The number of nitrogens with one attached hydrogen (secondary N) is 2. The number of aliphatic hydroxyl groups is 1. The van der Waals surface area contributed by atoms with Gasteiger partial charge in [-0.3, -0.25) is 4.90 Å².